The number of rotatable bonds is 5. The molecule has 8 nitrogen and oxygen atoms in total. The smallest absolute Gasteiger partial charge is 0.241 e. The third-order valence-electron chi connectivity index (χ3n) is 4.75. The molecule has 1 aromatic heterocycles. The zero-order valence-corrected chi connectivity index (χ0v) is 15.7. The fourth-order valence-electron chi connectivity index (χ4n) is 3.32. The molecule has 0 spiro atoms. The number of carbonyl (C=O) groups excluding carboxylic acids is 3. The quantitative estimate of drug-likeness (QED) is 0.723. The molecule has 0 radical (unpaired) electrons. The van der Waals surface area contributed by atoms with Crippen molar-refractivity contribution in [2.45, 2.75) is 32.6 Å². The van der Waals surface area contributed by atoms with Crippen molar-refractivity contribution in [1.82, 2.24) is 25.5 Å². The molecular weight excluding hydrogens is 346 g/mol. The summed E-state index contributed by atoms with van der Waals surface area (Å²) in [4.78, 5) is 44.7. The largest absolute Gasteiger partial charge is 0.347 e. The van der Waals surface area contributed by atoms with E-state index in [0.29, 0.717) is 13.1 Å². The average Bonchev–Trinajstić information content (AvgIpc) is 3.07. The number of hydrogen-bond donors (Lipinski definition) is 3. The normalized spacial score (nSPS) is 17.0. The van der Waals surface area contributed by atoms with Gasteiger partial charge in [-0.15, -0.1) is 0 Å². The summed E-state index contributed by atoms with van der Waals surface area (Å²) in [5, 5.41) is 4.95. The summed E-state index contributed by atoms with van der Waals surface area (Å²) >= 11 is 0. The fourth-order valence-corrected chi connectivity index (χ4v) is 3.32. The Hall–Kier alpha value is -2.90. The number of nitrogens with one attached hydrogen (secondary N) is 3. The van der Waals surface area contributed by atoms with Crippen molar-refractivity contribution < 1.29 is 14.4 Å². The van der Waals surface area contributed by atoms with E-state index in [1.165, 1.54) is 12.5 Å². The average molecular weight is 371 g/mol. The Morgan fingerprint density at radius 1 is 1.26 bits per heavy atom. The molecule has 1 fully saturated rings. The van der Waals surface area contributed by atoms with Gasteiger partial charge in [0.15, 0.2) is 0 Å². The molecule has 3 N–H and O–H groups in total. The molecule has 1 atom stereocenters. The van der Waals surface area contributed by atoms with E-state index in [0.717, 1.165) is 29.7 Å². The first-order valence-electron chi connectivity index (χ1n) is 9.17. The second-order valence-electron chi connectivity index (χ2n) is 7.01. The van der Waals surface area contributed by atoms with Gasteiger partial charge in [-0.25, -0.2) is 4.98 Å². The van der Waals surface area contributed by atoms with Crippen LogP contribution in [0.5, 0.6) is 0 Å². The molecule has 144 valence electrons. The number of benzene rings is 1. The number of imidazole rings is 1. The highest BCUT2D eigenvalue weighted by molar-refractivity contribution is 5.87. The Kier molecular flexibility index (Phi) is 5.73. The third-order valence-corrected chi connectivity index (χ3v) is 4.75. The second kappa shape index (κ2) is 8.20. The maximum Gasteiger partial charge on any atom is 0.241 e. The molecule has 0 bridgehead atoms. The van der Waals surface area contributed by atoms with Crippen molar-refractivity contribution in [1.29, 1.82) is 0 Å². The number of amides is 3. The van der Waals surface area contributed by atoms with Crippen molar-refractivity contribution in [3.8, 4) is 0 Å². The summed E-state index contributed by atoms with van der Waals surface area (Å²) in [5.41, 5.74) is 3.12. The van der Waals surface area contributed by atoms with Crippen LogP contribution in [0.3, 0.4) is 0 Å². The van der Waals surface area contributed by atoms with E-state index in [-0.39, 0.29) is 36.7 Å². The highest BCUT2D eigenvalue weighted by Crippen LogP contribution is 2.27. The van der Waals surface area contributed by atoms with Crippen LogP contribution in [0, 0.1) is 6.92 Å². The van der Waals surface area contributed by atoms with Crippen LogP contribution in [0.4, 0.5) is 0 Å². The van der Waals surface area contributed by atoms with Crippen molar-refractivity contribution >= 4 is 28.8 Å². The molecule has 1 aliphatic heterocycles. The lowest BCUT2D eigenvalue weighted by Crippen LogP contribution is -2.46. The predicted octanol–water partition coefficient (Wildman–Crippen LogP) is 0.830. The number of carbonyl (C=O) groups is 3. The van der Waals surface area contributed by atoms with Gasteiger partial charge in [0, 0.05) is 25.9 Å². The Balaban J connectivity index is 1.57. The van der Waals surface area contributed by atoms with Crippen LogP contribution in [0.25, 0.3) is 11.0 Å². The van der Waals surface area contributed by atoms with Gasteiger partial charge >= 0.3 is 0 Å². The molecule has 0 saturated carbocycles. The van der Waals surface area contributed by atoms with E-state index < -0.39 is 0 Å². The monoisotopic (exact) mass is 371 g/mol. The van der Waals surface area contributed by atoms with Gasteiger partial charge in [-0.3, -0.25) is 14.4 Å². The molecular formula is C19H25N5O3. The topological polar surface area (TPSA) is 107 Å². The maximum atomic E-state index is 12.4. The lowest BCUT2D eigenvalue weighted by molar-refractivity contribution is -0.133. The lowest BCUT2D eigenvalue weighted by Gasteiger charge is -2.32. The first-order chi connectivity index (χ1) is 12.9. The first kappa shape index (κ1) is 18.9. The number of aromatic amines is 1. The zero-order chi connectivity index (χ0) is 19.4. The van der Waals surface area contributed by atoms with Crippen LogP contribution < -0.4 is 10.6 Å². The predicted molar refractivity (Wildman–Crippen MR) is 101 cm³/mol. The summed E-state index contributed by atoms with van der Waals surface area (Å²) < 4.78 is 0. The Labute approximate surface area is 157 Å². The summed E-state index contributed by atoms with van der Waals surface area (Å²) in [7, 11) is 0. The van der Waals surface area contributed by atoms with E-state index >= 15 is 0 Å². The minimum atomic E-state index is -0.375. The number of hydrogen-bond acceptors (Lipinski definition) is 4. The summed E-state index contributed by atoms with van der Waals surface area (Å²) in [6.07, 6.45) is 1.86. The highest BCUT2D eigenvalue weighted by Gasteiger charge is 2.26. The minimum Gasteiger partial charge on any atom is -0.347 e. The summed E-state index contributed by atoms with van der Waals surface area (Å²) in [5.74, 6) is 0.284. The van der Waals surface area contributed by atoms with E-state index in [1.807, 2.05) is 19.1 Å². The Morgan fingerprint density at radius 2 is 2.07 bits per heavy atom. The molecule has 1 aromatic carbocycles. The van der Waals surface area contributed by atoms with Gasteiger partial charge in [0.25, 0.3) is 0 Å². The molecule has 2 aromatic rings. The SMILES string of the molecule is CC(=O)NCC(=O)NCC(=O)N1CCCC(c2nc3ccc(C)cc3[nH]2)C1. The van der Waals surface area contributed by atoms with Crippen LogP contribution in [-0.2, 0) is 14.4 Å². The van der Waals surface area contributed by atoms with Crippen molar-refractivity contribution in [3.63, 3.8) is 0 Å². The van der Waals surface area contributed by atoms with Crippen LogP contribution in [0.2, 0.25) is 0 Å². The minimum absolute atomic E-state index is 0.0650. The van der Waals surface area contributed by atoms with Gasteiger partial charge in [-0.2, -0.15) is 0 Å². The van der Waals surface area contributed by atoms with Crippen molar-refractivity contribution in [2.75, 3.05) is 26.2 Å². The first-order valence-corrected chi connectivity index (χ1v) is 9.17. The van der Waals surface area contributed by atoms with Gasteiger partial charge in [0.2, 0.25) is 17.7 Å². The van der Waals surface area contributed by atoms with Gasteiger partial charge in [-0.05, 0) is 37.5 Å². The fraction of sp³-hybridized carbons (Fsp3) is 0.474. The molecule has 3 amide bonds. The summed E-state index contributed by atoms with van der Waals surface area (Å²) in [6.45, 7) is 4.45. The van der Waals surface area contributed by atoms with Crippen molar-refractivity contribution in [2.24, 2.45) is 0 Å². The molecule has 2 heterocycles. The second-order valence-corrected chi connectivity index (χ2v) is 7.01. The standard InChI is InChI=1S/C19H25N5O3/c1-12-5-6-15-16(8-12)23-19(22-15)14-4-3-7-24(11-14)18(27)10-21-17(26)9-20-13(2)25/h5-6,8,14H,3-4,7,9-11H2,1-2H3,(H,20,25)(H,21,26)(H,22,23). The third kappa shape index (κ3) is 4.84. The maximum absolute atomic E-state index is 12.4. The van der Waals surface area contributed by atoms with Crippen molar-refractivity contribution in [3.05, 3.63) is 29.6 Å². The van der Waals surface area contributed by atoms with E-state index in [1.54, 1.807) is 4.90 Å². The molecule has 1 saturated heterocycles. The molecule has 27 heavy (non-hydrogen) atoms. The van der Waals surface area contributed by atoms with Gasteiger partial charge in [0.1, 0.15) is 5.82 Å². The van der Waals surface area contributed by atoms with Crippen LogP contribution in [0.15, 0.2) is 18.2 Å². The molecule has 3 rings (SSSR count). The number of piperidine rings is 1. The van der Waals surface area contributed by atoms with Crippen LogP contribution in [0.1, 0.15) is 37.1 Å². The number of likely N-dealkylation sites (tertiary alicyclic amines) is 1. The Morgan fingerprint density at radius 3 is 2.85 bits per heavy atom. The summed E-state index contributed by atoms with van der Waals surface area (Å²) in [6, 6.07) is 6.11. The van der Waals surface area contributed by atoms with Gasteiger partial charge in [0.05, 0.1) is 24.1 Å². The number of nitrogens with zero attached hydrogens (tertiary/aromatic N) is 2. The number of aromatic nitrogens is 2. The van der Waals surface area contributed by atoms with Crippen LogP contribution in [-0.4, -0.2) is 58.8 Å². The van der Waals surface area contributed by atoms with Gasteiger partial charge < -0.3 is 20.5 Å². The highest BCUT2D eigenvalue weighted by atomic mass is 16.2. The molecule has 8 heteroatoms. The molecule has 1 unspecified atom stereocenters. The van der Waals surface area contributed by atoms with E-state index in [9.17, 15) is 14.4 Å². The molecule has 0 aliphatic carbocycles. The number of H-pyrrole nitrogens is 1. The van der Waals surface area contributed by atoms with E-state index in [2.05, 4.69) is 26.7 Å². The zero-order valence-electron chi connectivity index (χ0n) is 15.7. The van der Waals surface area contributed by atoms with Gasteiger partial charge in [-0.1, -0.05) is 6.07 Å². The molecule has 1 aliphatic rings. The Bertz CT molecular complexity index is 860. The van der Waals surface area contributed by atoms with E-state index in [4.69, 9.17) is 0 Å². The lowest BCUT2D eigenvalue weighted by atomic mass is 9.97. The number of fused-ring (bicyclic) bond motifs is 1. The van der Waals surface area contributed by atoms with Crippen LogP contribution >= 0.6 is 0 Å². The number of aryl methyl sites for hydroxylation is 1.